The SMILES string of the molecule is CCCCN1CCCCC(CCCN)(NS(=O)(=O)c2ccc3cc(OC)c(OC)cc3c2)C1=O. The van der Waals surface area contributed by atoms with E-state index in [0.29, 0.717) is 55.8 Å². The van der Waals surface area contributed by atoms with Gasteiger partial charge in [-0.05, 0) is 80.1 Å². The Hall–Kier alpha value is -2.36. The predicted molar refractivity (Wildman–Crippen MR) is 134 cm³/mol. The number of fused-ring (bicyclic) bond motifs is 1. The smallest absolute Gasteiger partial charge is 0.243 e. The third kappa shape index (κ3) is 5.64. The van der Waals surface area contributed by atoms with Gasteiger partial charge in [0.25, 0.3) is 0 Å². The number of sulfonamides is 1. The van der Waals surface area contributed by atoms with Gasteiger partial charge in [0.2, 0.25) is 15.9 Å². The molecule has 2 aromatic rings. The van der Waals surface area contributed by atoms with Gasteiger partial charge < -0.3 is 20.1 Å². The highest BCUT2D eigenvalue weighted by atomic mass is 32.2. The van der Waals surface area contributed by atoms with E-state index in [-0.39, 0.29) is 10.8 Å². The molecule has 0 spiro atoms. The Balaban J connectivity index is 1.99. The van der Waals surface area contributed by atoms with Crippen molar-refractivity contribution in [2.45, 2.75) is 62.3 Å². The van der Waals surface area contributed by atoms with Gasteiger partial charge in [0.05, 0.1) is 19.1 Å². The minimum atomic E-state index is -3.98. The fourth-order valence-electron chi connectivity index (χ4n) is 4.62. The van der Waals surface area contributed by atoms with Crippen molar-refractivity contribution in [3.05, 3.63) is 30.3 Å². The van der Waals surface area contributed by atoms with Gasteiger partial charge in [-0.1, -0.05) is 19.4 Å². The number of methoxy groups -OCH3 is 2. The molecule has 8 nitrogen and oxygen atoms in total. The quantitative estimate of drug-likeness (QED) is 0.498. The first-order valence-corrected chi connectivity index (χ1v) is 13.5. The normalized spacial score (nSPS) is 19.3. The van der Waals surface area contributed by atoms with Gasteiger partial charge in [0.1, 0.15) is 5.54 Å². The van der Waals surface area contributed by atoms with Crippen molar-refractivity contribution >= 4 is 26.7 Å². The van der Waals surface area contributed by atoms with Crippen LogP contribution in [0.3, 0.4) is 0 Å². The van der Waals surface area contributed by atoms with E-state index in [9.17, 15) is 13.2 Å². The minimum Gasteiger partial charge on any atom is -0.493 e. The molecule has 0 aromatic heterocycles. The summed E-state index contributed by atoms with van der Waals surface area (Å²) >= 11 is 0. The number of carbonyl (C=O) groups excluding carboxylic acids is 1. The second-order valence-corrected chi connectivity index (χ2v) is 10.6. The van der Waals surface area contributed by atoms with Gasteiger partial charge in [-0.3, -0.25) is 4.79 Å². The van der Waals surface area contributed by atoms with Gasteiger partial charge in [-0.15, -0.1) is 0 Å². The van der Waals surface area contributed by atoms with E-state index in [1.54, 1.807) is 37.4 Å². The molecule has 1 heterocycles. The van der Waals surface area contributed by atoms with Crippen LogP contribution in [-0.2, 0) is 14.8 Å². The van der Waals surface area contributed by atoms with Crippen LogP contribution in [0.4, 0.5) is 0 Å². The summed E-state index contributed by atoms with van der Waals surface area (Å²) in [5.74, 6) is 0.950. The highest BCUT2D eigenvalue weighted by molar-refractivity contribution is 7.89. The van der Waals surface area contributed by atoms with E-state index in [0.717, 1.165) is 31.1 Å². The second kappa shape index (κ2) is 11.4. The zero-order chi connectivity index (χ0) is 24.8. The summed E-state index contributed by atoms with van der Waals surface area (Å²) in [6, 6.07) is 8.46. The number of ether oxygens (including phenoxy) is 2. The molecule has 1 aliphatic heterocycles. The molecule has 0 saturated carbocycles. The highest BCUT2D eigenvalue weighted by Crippen LogP contribution is 2.34. The number of hydrogen-bond donors (Lipinski definition) is 2. The molecule has 0 aliphatic carbocycles. The lowest BCUT2D eigenvalue weighted by Gasteiger charge is -2.35. The molecule has 34 heavy (non-hydrogen) atoms. The standard InChI is InChI=1S/C25H37N3O5S/c1-4-5-14-28-15-7-6-11-25(24(28)29,12-8-13-26)27-34(30,31)21-10-9-19-17-22(32-2)23(33-3)18-20(19)16-21/h9-10,16-18,27H,4-8,11-15,26H2,1-3H3. The van der Waals surface area contributed by atoms with E-state index in [2.05, 4.69) is 11.6 Å². The Labute approximate surface area is 202 Å². The molecule has 3 N–H and O–H groups in total. The summed E-state index contributed by atoms with van der Waals surface area (Å²) in [6.45, 7) is 3.77. The molecule has 1 amide bonds. The van der Waals surface area contributed by atoms with Crippen molar-refractivity contribution in [3.63, 3.8) is 0 Å². The number of nitrogens with zero attached hydrogens (tertiary/aromatic N) is 1. The zero-order valence-corrected chi connectivity index (χ0v) is 21.2. The summed E-state index contributed by atoms with van der Waals surface area (Å²) in [5, 5.41) is 1.53. The molecule has 3 rings (SSSR count). The number of benzene rings is 2. The second-order valence-electron chi connectivity index (χ2n) is 8.90. The average Bonchev–Trinajstić information content (AvgIpc) is 2.98. The Kier molecular flexibility index (Phi) is 8.78. The number of unbranched alkanes of at least 4 members (excludes halogenated alkanes) is 1. The first-order chi connectivity index (χ1) is 16.3. The molecular formula is C25H37N3O5S. The van der Waals surface area contributed by atoms with Crippen LogP contribution in [0.2, 0.25) is 0 Å². The molecule has 1 atom stereocenters. The number of hydrogen-bond acceptors (Lipinski definition) is 6. The van der Waals surface area contributed by atoms with Crippen LogP contribution in [0.1, 0.15) is 51.9 Å². The highest BCUT2D eigenvalue weighted by Gasteiger charge is 2.44. The van der Waals surface area contributed by atoms with Gasteiger partial charge >= 0.3 is 0 Å². The Morgan fingerprint density at radius 3 is 2.41 bits per heavy atom. The van der Waals surface area contributed by atoms with Crippen LogP contribution < -0.4 is 19.9 Å². The van der Waals surface area contributed by atoms with Crippen molar-refractivity contribution in [3.8, 4) is 11.5 Å². The van der Waals surface area contributed by atoms with Crippen molar-refractivity contribution < 1.29 is 22.7 Å². The topological polar surface area (TPSA) is 111 Å². The van der Waals surface area contributed by atoms with E-state index in [1.165, 1.54) is 7.11 Å². The molecule has 1 aliphatic rings. The monoisotopic (exact) mass is 491 g/mol. The Morgan fingerprint density at radius 1 is 1.06 bits per heavy atom. The van der Waals surface area contributed by atoms with Crippen molar-refractivity contribution in [1.29, 1.82) is 0 Å². The van der Waals surface area contributed by atoms with Crippen LogP contribution in [0.15, 0.2) is 35.2 Å². The maximum absolute atomic E-state index is 13.7. The van der Waals surface area contributed by atoms with Crippen molar-refractivity contribution in [2.75, 3.05) is 33.9 Å². The molecule has 188 valence electrons. The number of amides is 1. The maximum Gasteiger partial charge on any atom is 0.243 e. The molecule has 9 heteroatoms. The van der Waals surface area contributed by atoms with Crippen LogP contribution in [0, 0.1) is 0 Å². The summed E-state index contributed by atoms with van der Waals surface area (Å²) in [7, 11) is -0.886. The number of nitrogens with two attached hydrogens (primary N) is 1. The van der Waals surface area contributed by atoms with Gasteiger partial charge in [-0.25, -0.2) is 8.42 Å². The molecule has 2 aromatic carbocycles. The summed E-state index contributed by atoms with van der Waals surface area (Å²) in [5.41, 5.74) is 4.58. The minimum absolute atomic E-state index is 0.108. The summed E-state index contributed by atoms with van der Waals surface area (Å²) in [4.78, 5) is 15.6. The number of likely N-dealkylation sites (tertiary alicyclic amines) is 1. The van der Waals surface area contributed by atoms with E-state index in [1.807, 2.05) is 4.90 Å². The van der Waals surface area contributed by atoms with E-state index < -0.39 is 15.6 Å². The fourth-order valence-corrected chi connectivity index (χ4v) is 6.07. The number of nitrogens with one attached hydrogen (secondary N) is 1. The number of rotatable bonds is 11. The van der Waals surface area contributed by atoms with E-state index >= 15 is 0 Å². The third-order valence-electron chi connectivity index (χ3n) is 6.52. The molecular weight excluding hydrogens is 454 g/mol. The van der Waals surface area contributed by atoms with Gasteiger partial charge in [0.15, 0.2) is 11.5 Å². The summed E-state index contributed by atoms with van der Waals surface area (Å²) in [6.07, 6.45) is 4.90. The van der Waals surface area contributed by atoms with Crippen molar-refractivity contribution in [1.82, 2.24) is 9.62 Å². The Bertz CT molecular complexity index is 1110. The lowest BCUT2D eigenvalue weighted by atomic mass is 9.88. The number of carbonyl (C=O) groups is 1. The molecule has 1 unspecified atom stereocenters. The van der Waals surface area contributed by atoms with Crippen LogP contribution in [0.25, 0.3) is 10.8 Å². The zero-order valence-electron chi connectivity index (χ0n) is 20.4. The fraction of sp³-hybridized carbons (Fsp3) is 0.560. The maximum atomic E-state index is 13.7. The lowest BCUT2D eigenvalue weighted by molar-refractivity contribution is -0.137. The van der Waals surface area contributed by atoms with Crippen LogP contribution in [-0.4, -0.2) is 58.6 Å². The molecule has 0 bridgehead atoms. The van der Waals surface area contributed by atoms with Crippen LogP contribution >= 0.6 is 0 Å². The third-order valence-corrected chi connectivity index (χ3v) is 8.06. The first-order valence-electron chi connectivity index (χ1n) is 12.0. The predicted octanol–water partition coefficient (Wildman–Crippen LogP) is 3.43. The van der Waals surface area contributed by atoms with Crippen molar-refractivity contribution in [2.24, 2.45) is 5.73 Å². The van der Waals surface area contributed by atoms with E-state index in [4.69, 9.17) is 15.2 Å². The largest absolute Gasteiger partial charge is 0.493 e. The first kappa shape index (κ1) is 26.2. The molecule has 0 radical (unpaired) electrons. The van der Waals surface area contributed by atoms with Gasteiger partial charge in [0, 0.05) is 13.1 Å². The molecule has 1 fully saturated rings. The Morgan fingerprint density at radius 2 is 1.76 bits per heavy atom. The van der Waals surface area contributed by atoms with Gasteiger partial charge in [-0.2, -0.15) is 4.72 Å². The summed E-state index contributed by atoms with van der Waals surface area (Å²) < 4.78 is 40.8. The van der Waals surface area contributed by atoms with Crippen LogP contribution in [0.5, 0.6) is 11.5 Å². The lowest BCUT2D eigenvalue weighted by Crippen LogP contribution is -2.59. The average molecular weight is 492 g/mol. The molecule has 1 saturated heterocycles.